The van der Waals surface area contributed by atoms with Gasteiger partial charge in [-0.15, -0.1) is 0 Å². The van der Waals surface area contributed by atoms with Gasteiger partial charge in [-0.2, -0.15) is 0 Å². The second kappa shape index (κ2) is 8.66. The number of allylic oxidation sites excluding steroid dienone is 2. The monoisotopic (exact) mass is 463 g/mol. The number of aliphatic hydroxyl groups is 1. The van der Waals surface area contributed by atoms with Crippen molar-refractivity contribution in [1.82, 2.24) is 4.98 Å². The summed E-state index contributed by atoms with van der Waals surface area (Å²) in [6.07, 6.45) is 4.49. The third-order valence-corrected chi connectivity index (χ3v) is 6.83. The number of carbonyl (C=O) groups is 1. The summed E-state index contributed by atoms with van der Waals surface area (Å²) in [6.45, 7) is 6.21. The van der Waals surface area contributed by atoms with Gasteiger partial charge in [-0.1, -0.05) is 67.9 Å². The average molecular weight is 464 g/mol. The number of aliphatic hydroxyl groups excluding tert-OH is 1. The van der Waals surface area contributed by atoms with Gasteiger partial charge in [-0.3, -0.25) is 20.1 Å². The van der Waals surface area contributed by atoms with E-state index in [1.54, 1.807) is 12.4 Å². The average Bonchev–Trinajstić information content (AvgIpc) is 2.84. The van der Waals surface area contributed by atoms with E-state index in [4.69, 9.17) is 0 Å². The quantitative estimate of drug-likeness (QED) is 0.430. The lowest BCUT2D eigenvalue weighted by Crippen LogP contribution is -2.45. The molecule has 3 aromatic rings. The van der Waals surface area contributed by atoms with Crippen LogP contribution in [-0.2, 0) is 4.79 Å². The number of carbonyl (C=O) groups excluding carboxylic acids is 1. The molecule has 1 aliphatic carbocycles. The van der Waals surface area contributed by atoms with Crippen molar-refractivity contribution in [3.8, 4) is 0 Å². The van der Waals surface area contributed by atoms with Crippen molar-refractivity contribution in [3.05, 3.63) is 113 Å². The number of pyridine rings is 1. The molecule has 0 saturated carbocycles. The van der Waals surface area contributed by atoms with Crippen LogP contribution in [0.5, 0.6) is 0 Å². The highest BCUT2D eigenvalue weighted by Gasteiger charge is 2.46. The summed E-state index contributed by atoms with van der Waals surface area (Å²) in [7, 11) is 0. The van der Waals surface area contributed by atoms with Gasteiger partial charge < -0.3 is 5.11 Å². The Morgan fingerprint density at radius 1 is 1.03 bits per heavy atom. The molecule has 5 rings (SSSR count). The van der Waals surface area contributed by atoms with E-state index in [1.165, 1.54) is 0 Å². The Balaban J connectivity index is 1.84. The van der Waals surface area contributed by atoms with Crippen LogP contribution in [0.3, 0.4) is 0 Å². The molecule has 0 amide bonds. The Morgan fingerprint density at radius 2 is 1.74 bits per heavy atom. The Bertz CT molecular complexity index is 1350. The summed E-state index contributed by atoms with van der Waals surface area (Å²) in [5, 5.41) is 21.0. The number of nitrogens with one attached hydrogen (secondary N) is 1. The second-order valence-corrected chi connectivity index (χ2v) is 10.2. The van der Waals surface area contributed by atoms with Crippen molar-refractivity contribution in [2.24, 2.45) is 5.41 Å². The topological polar surface area (TPSA) is 77.3 Å². The smallest absolute Gasteiger partial charge is 0.162 e. The normalized spacial score (nSPS) is 21.1. The molecule has 0 radical (unpaired) electrons. The summed E-state index contributed by atoms with van der Waals surface area (Å²) in [5.41, 5.74) is 4.98. The van der Waals surface area contributed by atoms with E-state index < -0.39 is 5.92 Å². The number of nitrogens with zero attached hydrogens (tertiary/aromatic N) is 2. The number of aromatic nitrogens is 1. The van der Waals surface area contributed by atoms with E-state index in [-0.39, 0.29) is 22.8 Å². The number of aryl methyl sites for hydroxylation is 1. The minimum Gasteiger partial charge on any atom is -0.507 e. The number of amidine groups is 1. The predicted molar refractivity (Wildman–Crippen MR) is 139 cm³/mol. The van der Waals surface area contributed by atoms with Crippen LogP contribution in [-0.4, -0.2) is 21.7 Å². The summed E-state index contributed by atoms with van der Waals surface area (Å²) < 4.78 is 0. The lowest BCUT2D eigenvalue weighted by Gasteiger charge is -2.45. The van der Waals surface area contributed by atoms with Crippen LogP contribution in [0.25, 0.3) is 5.76 Å². The molecule has 1 aliphatic heterocycles. The Morgan fingerprint density at radius 3 is 2.40 bits per heavy atom. The molecule has 2 aliphatic rings. The summed E-state index contributed by atoms with van der Waals surface area (Å²) in [6, 6.07) is 21.0. The summed E-state index contributed by atoms with van der Waals surface area (Å²) in [4.78, 5) is 20.0. The van der Waals surface area contributed by atoms with Crippen LogP contribution in [0, 0.1) is 17.7 Å². The molecule has 0 spiro atoms. The fraction of sp³-hybridized carbons (Fsp3) is 0.233. The van der Waals surface area contributed by atoms with Crippen molar-refractivity contribution in [1.29, 1.82) is 5.41 Å². The maximum Gasteiger partial charge on any atom is 0.162 e. The molecule has 1 aromatic heterocycles. The molecule has 176 valence electrons. The van der Waals surface area contributed by atoms with Gasteiger partial charge >= 0.3 is 0 Å². The highest BCUT2D eigenvalue weighted by Crippen LogP contribution is 2.51. The zero-order valence-corrected chi connectivity index (χ0v) is 20.2. The van der Waals surface area contributed by atoms with E-state index in [2.05, 4.69) is 18.8 Å². The number of rotatable bonds is 3. The molecule has 2 N–H and O–H groups in total. The molecule has 0 fully saturated rings. The van der Waals surface area contributed by atoms with Crippen molar-refractivity contribution in [2.45, 2.75) is 39.5 Å². The highest BCUT2D eigenvalue weighted by atomic mass is 16.3. The van der Waals surface area contributed by atoms with Gasteiger partial charge in [-0.25, -0.2) is 0 Å². The maximum atomic E-state index is 13.8. The minimum absolute atomic E-state index is 0.00532. The molecule has 0 bridgehead atoms. The van der Waals surface area contributed by atoms with Crippen LogP contribution in [0.2, 0.25) is 0 Å². The summed E-state index contributed by atoms with van der Waals surface area (Å²) >= 11 is 0. The van der Waals surface area contributed by atoms with Gasteiger partial charge in [0.2, 0.25) is 0 Å². The first-order chi connectivity index (χ1) is 16.8. The van der Waals surface area contributed by atoms with Crippen LogP contribution in [0.4, 0.5) is 5.69 Å². The van der Waals surface area contributed by atoms with Gasteiger partial charge in [0, 0.05) is 52.8 Å². The van der Waals surface area contributed by atoms with Crippen molar-refractivity contribution >= 4 is 23.1 Å². The van der Waals surface area contributed by atoms with Crippen molar-refractivity contribution in [3.63, 3.8) is 0 Å². The molecule has 2 heterocycles. The first-order valence-corrected chi connectivity index (χ1v) is 11.9. The Labute approximate surface area is 206 Å². The molecule has 0 saturated heterocycles. The van der Waals surface area contributed by atoms with E-state index in [0.717, 1.165) is 22.5 Å². The maximum absolute atomic E-state index is 13.8. The number of hydrogen-bond acceptors (Lipinski definition) is 4. The lowest BCUT2D eigenvalue weighted by atomic mass is 9.67. The van der Waals surface area contributed by atoms with Crippen molar-refractivity contribution < 1.29 is 9.90 Å². The van der Waals surface area contributed by atoms with Crippen LogP contribution in [0.1, 0.15) is 49.3 Å². The number of anilines is 1. The van der Waals surface area contributed by atoms with Gasteiger partial charge in [-0.05, 0) is 42.5 Å². The molecule has 1 unspecified atom stereocenters. The van der Waals surface area contributed by atoms with E-state index in [0.29, 0.717) is 29.6 Å². The zero-order chi connectivity index (χ0) is 24.7. The zero-order valence-electron chi connectivity index (χ0n) is 20.2. The largest absolute Gasteiger partial charge is 0.507 e. The number of benzene rings is 2. The molecule has 35 heavy (non-hydrogen) atoms. The fourth-order valence-corrected chi connectivity index (χ4v) is 5.22. The van der Waals surface area contributed by atoms with Crippen LogP contribution < -0.4 is 4.90 Å². The SMILES string of the molecule is Cc1ccc(N2C(=N)/C(=C(/O)c3ccccc3)C(c3cccnc3)C3=C2CC(C)(C)CC3=O)cc1. The number of Topliss-reactive ketones (excluding diaryl/α,β-unsaturated/α-hetero) is 1. The molecular formula is C30H29N3O2. The van der Waals surface area contributed by atoms with Crippen LogP contribution in [0.15, 0.2) is 96.0 Å². The van der Waals surface area contributed by atoms with Crippen LogP contribution >= 0.6 is 0 Å². The number of hydrogen-bond donors (Lipinski definition) is 2. The van der Waals surface area contributed by atoms with Gasteiger partial charge in [0.25, 0.3) is 0 Å². The molecule has 5 nitrogen and oxygen atoms in total. The standard InChI is InChI=1S/C30H29N3O2/c1-19-11-13-22(14-12-19)33-23-16-30(2,3)17-24(34)26(23)25(21-10-7-15-32-18-21)27(29(33)31)28(35)20-8-5-4-6-9-20/h4-15,18,25,31,35H,16-17H2,1-3H3/b28-27+,31-29?. The van der Waals surface area contributed by atoms with E-state index in [1.807, 2.05) is 78.6 Å². The van der Waals surface area contributed by atoms with Gasteiger partial charge in [0.05, 0.1) is 0 Å². The molecule has 5 heteroatoms. The van der Waals surface area contributed by atoms with Gasteiger partial charge in [0.15, 0.2) is 5.78 Å². The summed E-state index contributed by atoms with van der Waals surface area (Å²) in [5.74, 6) is -0.344. The molecule has 2 aromatic carbocycles. The first-order valence-electron chi connectivity index (χ1n) is 11.9. The third-order valence-electron chi connectivity index (χ3n) is 6.83. The van der Waals surface area contributed by atoms with Gasteiger partial charge in [0.1, 0.15) is 11.6 Å². The third kappa shape index (κ3) is 4.08. The molecule has 1 atom stereocenters. The fourth-order valence-electron chi connectivity index (χ4n) is 5.22. The minimum atomic E-state index is -0.572. The predicted octanol–water partition coefficient (Wildman–Crippen LogP) is 6.58. The van der Waals surface area contributed by atoms with E-state index >= 15 is 0 Å². The lowest BCUT2D eigenvalue weighted by molar-refractivity contribution is -0.118. The Hall–Kier alpha value is -3.99. The van der Waals surface area contributed by atoms with Crippen molar-refractivity contribution in [2.75, 3.05) is 4.90 Å². The second-order valence-electron chi connectivity index (χ2n) is 10.2. The first kappa shape index (κ1) is 22.8. The molecular weight excluding hydrogens is 434 g/mol. The Kier molecular flexibility index (Phi) is 5.64. The van der Waals surface area contributed by atoms with E-state index in [9.17, 15) is 15.3 Å². The number of ketones is 1. The highest BCUT2D eigenvalue weighted by molar-refractivity contribution is 6.19.